The van der Waals surface area contributed by atoms with Crippen molar-refractivity contribution in [2.24, 2.45) is 5.73 Å². The molecular formula is C10H10F3NO2. The number of ketones is 1. The molecule has 0 fully saturated rings. The van der Waals surface area contributed by atoms with E-state index in [9.17, 15) is 18.0 Å². The molecule has 1 aromatic carbocycles. The number of hydrogen-bond donors (Lipinski definition) is 2. The minimum absolute atomic E-state index is 0.000491. The van der Waals surface area contributed by atoms with Crippen molar-refractivity contribution in [3.63, 3.8) is 0 Å². The summed E-state index contributed by atoms with van der Waals surface area (Å²) in [5, 5.41) is 8.95. The topological polar surface area (TPSA) is 63.3 Å². The summed E-state index contributed by atoms with van der Waals surface area (Å²) in [6, 6.07) is 3.86. The van der Waals surface area contributed by atoms with Gasteiger partial charge in [0.1, 0.15) is 5.75 Å². The summed E-state index contributed by atoms with van der Waals surface area (Å²) < 4.78 is 36.0. The predicted molar refractivity (Wildman–Crippen MR) is 50.8 cm³/mol. The van der Waals surface area contributed by atoms with Gasteiger partial charge in [0.05, 0.1) is 6.04 Å². The zero-order valence-corrected chi connectivity index (χ0v) is 8.16. The monoisotopic (exact) mass is 233 g/mol. The fourth-order valence-corrected chi connectivity index (χ4v) is 1.19. The largest absolute Gasteiger partial charge is 0.508 e. The Morgan fingerprint density at radius 2 is 1.81 bits per heavy atom. The molecule has 0 heterocycles. The first kappa shape index (κ1) is 12.5. The Balaban J connectivity index is 2.68. The number of hydrogen-bond acceptors (Lipinski definition) is 3. The molecule has 1 aromatic rings. The molecule has 3 N–H and O–H groups in total. The van der Waals surface area contributed by atoms with E-state index < -0.39 is 18.0 Å². The predicted octanol–water partition coefficient (Wildman–Crippen LogP) is 1.39. The molecule has 0 saturated carbocycles. The Bertz CT molecular complexity index is 373. The van der Waals surface area contributed by atoms with Crippen LogP contribution in [0, 0.1) is 0 Å². The van der Waals surface area contributed by atoms with Crippen LogP contribution in [0.1, 0.15) is 5.56 Å². The first-order chi connectivity index (χ1) is 7.30. The normalized spacial score (nSPS) is 13.5. The van der Waals surface area contributed by atoms with Gasteiger partial charge in [0.15, 0.2) is 0 Å². The number of rotatable bonds is 3. The van der Waals surface area contributed by atoms with Crippen molar-refractivity contribution in [2.45, 2.75) is 18.6 Å². The fraction of sp³-hybridized carbons (Fsp3) is 0.300. The second-order valence-corrected chi connectivity index (χ2v) is 3.34. The highest BCUT2D eigenvalue weighted by atomic mass is 19.4. The van der Waals surface area contributed by atoms with Gasteiger partial charge in [0.2, 0.25) is 0 Å². The number of benzene rings is 1. The number of alkyl halides is 3. The number of carbonyl (C=O) groups excluding carboxylic acids is 1. The maximum atomic E-state index is 12.0. The van der Waals surface area contributed by atoms with Gasteiger partial charge < -0.3 is 10.8 Å². The van der Waals surface area contributed by atoms with Crippen LogP contribution in [0.3, 0.4) is 0 Å². The van der Waals surface area contributed by atoms with E-state index >= 15 is 0 Å². The number of carbonyl (C=O) groups is 1. The zero-order valence-electron chi connectivity index (χ0n) is 8.16. The average Bonchev–Trinajstić information content (AvgIpc) is 2.19. The quantitative estimate of drug-likeness (QED) is 0.829. The van der Waals surface area contributed by atoms with Gasteiger partial charge in [-0.1, -0.05) is 12.1 Å². The van der Waals surface area contributed by atoms with Crippen molar-refractivity contribution in [3.05, 3.63) is 29.8 Å². The van der Waals surface area contributed by atoms with Gasteiger partial charge in [0.25, 0.3) is 5.78 Å². The van der Waals surface area contributed by atoms with E-state index in [4.69, 9.17) is 10.8 Å². The minimum atomic E-state index is -4.91. The van der Waals surface area contributed by atoms with Crippen molar-refractivity contribution in [2.75, 3.05) is 0 Å². The molecule has 6 heteroatoms. The summed E-state index contributed by atoms with van der Waals surface area (Å²) in [6.07, 6.45) is -5.12. The molecule has 3 nitrogen and oxygen atoms in total. The number of nitrogens with two attached hydrogens (primary N) is 1. The molecular weight excluding hydrogens is 223 g/mol. The second kappa shape index (κ2) is 4.52. The molecule has 1 atom stereocenters. The van der Waals surface area contributed by atoms with Crippen molar-refractivity contribution >= 4 is 5.78 Å². The Labute approximate surface area is 89.7 Å². The van der Waals surface area contributed by atoms with E-state index in [-0.39, 0.29) is 12.2 Å². The molecule has 0 aliphatic carbocycles. The number of phenolic OH excluding ortho intramolecular Hbond substituents is 1. The first-order valence-corrected chi connectivity index (χ1v) is 4.45. The van der Waals surface area contributed by atoms with Crippen LogP contribution in [-0.2, 0) is 11.2 Å². The van der Waals surface area contributed by atoms with Crippen LogP contribution in [0.4, 0.5) is 13.2 Å². The SMILES string of the molecule is N[C@@H](Cc1ccc(O)cc1)C(=O)C(F)(F)F. The van der Waals surface area contributed by atoms with Gasteiger partial charge in [-0.15, -0.1) is 0 Å². The van der Waals surface area contributed by atoms with Gasteiger partial charge in [-0.25, -0.2) is 0 Å². The molecule has 0 aliphatic rings. The third kappa shape index (κ3) is 3.23. The summed E-state index contributed by atoms with van der Waals surface area (Å²) in [7, 11) is 0. The Morgan fingerprint density at radius 1 is 1.31 bits per heavy atom. The van der Waals surface area contributed by atoms with Crippen molar-refractivity contribution < 1.29 is 23.1 Å². The van der Waals surface area contributed by atoms with Crippen molar-refractivity contribution in [1.29, 1.82) is 0 Å². The lowest BCUT2D eigenvalue weighted by atomic mass is 10.0. The molecule has 0 amide bonds. The molecule has 0 radical (unpaired) electrons. The van der Waals surface area contributed by atoms with Crippen LogP contribution in [0.5, 0.6) is 5.75 Å². The van der Waals surface area contributed by atoms with E-state index in [1.165, 1.54) is 24.3 Å². The first-order valence-electron chi connectivity index (χ1n) is 4.45. The molecule has 0 aliphatic heterocycles. The lowest BCUT2D eigenvalue weighted by Crippen LogP contribution is -2.41. The third-order valence-electron chi connectivity index (χ3n) is 2.01. The second-order valence-electron chi connectivity index (χ2n) is 3.34. The van der Waals surface area contributed by atoms with Crippen molar-refractivity contribution in [1.82, 2.24) is 0 Å². The molecule has 0 aromatic heterocycles. The van der Waals surface area contributed by atoms with Crippen LogP contribution in [-0.4, -0.2) is 23.1 Å². The maximum Gasteiger partial charge on any atom is 0.451 e. The number of Topliss-reactive ketones (excluding diaryl/α,β-unsaturated/α-hetero) is 1. The van der Waals surface area contributed by atoms with Gasteiger partial charge in [-0.3, -0.25) is 4.79 Å². The summed E-state index contributed by atoms with van der Waals surface area (Å²) in [5.41, 5.74) is 5.60. The molecule has 1 rings (SSSR count). The highest BCUT2D eigenvalue weighted by molar-refractivity contribution is 5.89. The third-order valence-corrected chi connectivity index (χ3v) is 2.01. The average molecular weight is 233 g/mol. The number of phenols is 1. The van der Waals surface area contributed by atoms with Gasteiger partial charge in [-0.2, -0.15) is 13.2 Å². The Hall–Kier alpha value is -1.56. The zero-order chi connectivity index (χ0) is 12.3. The number of halogens is 3. The van der Waals surface area contributed by atoms with Crippen molar-refractivity contribution in [3.8, 4) is 5.75 Å². The van der Waals surface area contributed by atoms with Crippen LogP contribution < -0.4 is 5.73 Å². The molecule has 0 unspecified atom stereocenters. The van der Waals surface area contributed by atoms with E-state index in [2.05, 4.69) is 0 Å². The van der Waals surface area contributed by atoms with E-state index in [1.54, 1.807) is 0 Å². The minimum Gasteiger partial charge on any atom is -0.508 e. The van der Waals surface area contributed by atoms with Gasteiger partial charge in [-0.05, 0) is 24.1 Å². The van der Waals surface area contributed by atoms with Crippen LogP contribution in [0.2, 0.25) is 0 Å². The molecule has 16 heavy (non-hydrogen) atoms. The van der Waals surface area contributed by atoms with Crippen LogP contribution in [0.15, 0.2) is 24.3 Å². The maximum absolute atomic E-state index is 12.0. The van der Waals surface area contributed by atoms with E-state index in [1.807, 2.05) is 0 Å². The molecule has 88 valence electrons. The highest BCUT2D eigenvalue weighted by Gasteiger charge is 2.41. The Kier molecular flexibility index (Phi) is 3.54. The lowest BCUT2D eigenvalue weighted by molar-refractivity contribution is -0.172. The van der Waals surface area contributed by atoms with Gasteiger partial charge in [0, 0.05) is 0 Å². The lowest BCUT2D eigenvalue weighted by Gasteiger charge is -2.12. The molecule has 0 bridgehead atoms. The van der Waals surface area contributed by atoms with Crippen LogP contribution in [0.25, 0.3) is 0 Å². The fourth-order valence-electron chi connectivity index (χ4n) is 1.19. The smallest absolute Gasteiger partial charge is 0.451 e. The highest BCUT2D eigenvalue weighted by Crippen LogP contribution is 2.19. The molecule has 0 spiro atoms. The van der Waals surface area contributed by atoms with E-state index in [0.717, 1.165) is 0 Å². The number of aromatic hydroxyl groups is 1. The standard InChI is InChI=1S/C10H10F3NO2/c11-10(12,13)9(16)8(14)5-6-1-3-7(15)4-2-6/h1-4,8,15H,5,14H2/t8-/m0/s1. The van der Waals surface area contributed by atoms with Crippen LogP contribution >= 0.6 is 0 Å². The Morgan fingerprint density at radius 3 is 2.25 bits per heavy atom. The summed E-state index contributed by atoms with van der Waals surface area (Å²) in [5.74, 6) is -1.94. The van der Waals surface area contributed by atoms with E-state index in [0.29, 0.717) is 5.56 Å². The molecule has 0 saturated heterocycles. The summed E-state index contributed by atoms with van der Waals surface area (Å²) in [4.78, 5) is 10.7. The summed E-state index contributed by atoms with van der Waals surface area (Å²) in [6.45, 7) is 0. The summed E-state index contributed by atoms with van der Waals surface area (Å²) >= 11 is 0. The van der Waals surface area contributed by atoms with Gasteiger partial charge >= 0.3 is 6.18 Å².